The lowest BCUT2D eigenvalue weighted by Gasteiger charge is -2.18. The third-order valence-corrected chi connectivity index (χ3v) is 4.74. The Morgan fingerprint density at radius 2 is 2.15 bits per heavy atom. The van der Waals surface area contributed by atoms with E-state index >= 15 is 0 Å². The van der Waals surface area contributed by atoms with Crippen LogP contribution in [0.5, 0.6) is 0 Å². The fourth-order valence-corrected chi connectivity index (χ4v) is 2.78. The first-order valence-corrected chi connectivity index (χ1v) is 8.13. The maximum atomic E-state index is 12.1. The lowest BCUT2D eigenvalue weighted by Crippen LogP contribution is -2.34. The number of esters is 1. The van der Waals surface area contributed by atoms with Crippen LogP contribution >= 0.6 is 27.5 Å². The van der Waals surface area contributed by atoms with Crippen LogP contribution in [-0.2, 0) is 19.7 Å². The molecule has 0 aliphatic carbocycles. The molecule has 20 heavy (non-hydrogen) atoms. The van der Waals surface area contributed by atoms with E-state index in [9.17, 15) is 13.2 Å². The van der Waals surface area contributed by atoms with Crippen molar-refractivity contribution in [2.75, 3.05) is 25.4 Å². The number of carbonyl (C=O) groups is 1. The van der Waals surface area contributed by atoms with Crippen molar-refractivity contribution < 1.29 is 17.9 Å². The molecule has 1 N–H and O–H groups in total. The van der Waals surface area contributed by atoms with E-state index in [-0.39, 0.29) is 23.7 Å². The Kier molecular flexibility index (Phi) is 6.25. The molecule has 0 aromatic heterocycles. The fourth-order valence-electron chi connectivity index (χ4n) is 1.26. The lowest BCUT2D eigenvalue weighted by atomic mass is 10.3. The van der Waals surface area contributed by atoms with E-state index in [0.29, 0.717) is 4.47 Å². The highest BCUT2D eigenvalue weighted by Gasteiger charge is 2.19. The molecule has 0 saturated carbocycles. The Balaban J connectivity index is 2.78. The molecule has 112 valence electrons. The Morgan fingerprint density at radius 1 is 1.50 bits per heavy atom. The Hall–Kier alpha value is -0.830. The summed E-state index contributed by atoms with van der Waals surface area (Å²) in [7, 11) is -1.18. The predicted molar refractivity (Wildman–Crippen MR) is 81.0 cm³/mol. The fraction of sp³-hybridized carbons (Fsp3) is 0.364. The monoisotopic (exact) mass is 384 g/mol. The van der Waals surface area contributed by atoms with Gasteiger partial charge in [-0.2, -0.15) is 12.7 Å². The smallest absolute Gasteiger partial charge is 0.306 e. The molecule has 0 atom stereocenters. The number of nitrogens with zero attached hydrogens (tertiary/aromatic N) is 1. The van der Waals surface area contributed by atoms with E-state index in [0.717, 1.165) is 4.31 Å². The van der Waals surface area contributed by atoms with Gasteiger partial charge in [-0.1, -0.05) is 27.5 Å². The quantitative estimate of drug-likeness (QED) is 0.762. The van der Waals surface area contributed by atoms with E-state index in [1.807, 2.05) is 0 Å². The second-order valence-corrected chi connectivity index (χ2v) is 6.98. The number of nitrogens with one attached hydrogen (secondary N) is 1. The summed E-state index contributed by atoms with van der Waals surface area (Å²) >= 11 is 9.15. The molecule has 0 saturated heterocycles. The number of hydrogen-bond donors (Lipinski definition) is 1. The van der Waals surface area contributed by atoms with Gasteiger partial charge in [-0.25, -0.2) is 0 Å². The van der Waals surface area contributed by atoms with Crippen LogP contribution in [-0.4, -0.2) is 39.4 Å². The molecule has 6 nitrogen and oxygen atoms in total. The third kappa shape index (κ3) is 4.93. The zero-order valence-corrected chi connectivity index (χ0v) is 14.0. The standard InChI is InChI=1S/C11H14BrClN2O4S/c1-15(6-5-11(16)19-2)20(17,18)14-10-7-8(12)3-4-9(10)13/h3-4,7,14H,5-6H2,1-2H3. The van der Waals surface area contributed by atoms with Crippen LogP contribution in [0.3, 0.4) is 0 Å². The van der Waals surface area contributed by atoms with Gasteiger partial charge in [0.1, 0.15) is 0 Å². The molecule has 0 heterocycles. The topological polar surface area (TPSA) is 75.7 Å². The number of halogens is 2. The molecule has 0 fully saturated rings. The normalized spacial score (nSPS) is 11.4. The van der Waals surface area contributed by atoms with E-state index in [1.54, 1.807) is 18.2 Å². The van der Waals surface area contributed by atoms with Crippen molar-refractivity contribution in [1.29, 1.82) is 0 Å². The van der Waals surface area contributed by atoms with Crippen molar-refractivity contribution in [1.82, 2.24) is 4.31 Å². The summed E-state index contributed by atoms with van der Waals surface area (Å²) in [6.07, 6.45) is -0.0277. The van der Waals surface area contributed by atoms with Gasteiger partial charge >= 0.3 is 16.2 Å². The number of benzene rings is 1. The van der Waals surface area contributed by atoms with Crippen molar-refractivity contribution in [3.8, 4) is 0 Å². The first-order chi connectivity index (χ1) is 9.26. The van der Waals surface area contributed by atoms with Gasteiger partial charge in [0.15, 0.2) is 0 Å². The highest BCUT2D eigenvalue weighted by molar-refractivity contribution is 9.10. The van der Waals surface area contributed by atoms with Gasteiger partial charge in [0.05, 0.1) is 24.2 Å². The van der Waals surface area contributed by atoms with Crippen LogP contribution < -0.4 is 4.72 Å². The Morgan fingerprint density at radius 3 is 2.75 bits per heavy atom. The molecule has 0 amide bonds. The van der Waals surface area contributed by atoms with Gasteiger partial charge in [0, 0.05) is 18.1 Å². The van der Waals surface area contributed by atoms with Crippen LogP contribution in [0.15, 0.2) is 22.7 Å². The highest BCUT2D eigenvalue weighted by atomic mass is 79.9. The molecule has 1 rings (SSSR count). The average Bonchev–Trinajstić information content (AvgIpc) is 2.39. The van der Waals surface area contributed by atoms with E-state index in [1.165, 1.54) is 14.2 Å². The number of hydrogen-bond acceptors (Lipinski definition) is 4. The lowest BCUT2D eigenvalue weighted by molar-refractivity contribution is -0.140. The summed E-state index contributed by atoms with van der Waals surface area (Å²) in [6.45, 7) is 0.00757. The average molecular weight is 386 g/mol. The second-order valence-electron chi connectivity index (χ2n) is 3.88. The van der Waals surface area contributed by atoms with Crippen molar-refractivity contribution in [3.63, 3.8) is 0 Å². The van der Waals surface area contributed by atoms with Crippen LogP contribution in [0, 0.1) is 0 Å². The summed E-state index contributed by atoms with van der Waals surface area (Å²) in [5.74, 6) is -0.479. The van der Waals surface area contributed by atoms with Crippen LogP contribution in [0.2, 0.25) is 5.02 Å². The van der Waals surface area contributed by atoms with Gasteiger partial charge in [-0.15, -0.1) is 0 Å². The van der Waals surface area contributed by atoms with E-state index in [2.05, 4.69) is 25.4 Å². The SMILES string of the molecule is COC(=O)CCN(C)S(=O)(=O)Nc1cc(Br)ccc1Cl. The van der Waals surface area contributed by atoms with Gasteiger partial charge < -0.3 is 4.74 Å². The molecule has 1 aromatic rings. The van der Waals surface area contributed by atoms with Gasteiger partial charge in [-0.05, 0) is 18.2 Å². The summed E-state index contributed by atoms with van der Waals surface area (Å²) in [5.41, 5.74) is 0.256. The minimum atomic E-state index is -3.79. The second kappa shape index (κ2) is 7.26. The molecule has 0 aliphatic heterocycles. The molecular formula is C11H14BrClN2O4S. The molecular weight excluding hydrogens is 372 g/mol. The molecule has 1 aromatic carbocycles. The summed E-state index contributed by atoms with van der Waals surface area (Å²) in [5, 5.41) is 0.276. The number of ether oxygens (including phenoxy) is 1. The van der Waals surface area contributed by atoms with Crippen LogP contribution in [0.4, 0.5) is 5.69 Å². The van der Waals surface area contributed by atoms with E-state index < -0.39 is 16.2 Å². The zero-order chi connectivity index (χ0) is 15.3. The summed E-state index contributed by atoms with van der Waals surface area (Å²) in [6, 6.07) is 4.81. The van der Waals surface area contributed by atoms with Crippen LogP contribution in [0.1, 0.15) is 6.42 Å². The molecule has 0 unspecified atom stereocenters. The number of carbonyl (C=O) groups excluding carboxylic acids is 1. The van der Waals surface area contributed by atoms with E-state index in [4.69, 9.17) is 11.6 Å². The first kappa shape index (κ1) is 17.2. The first-order valence-electron chi connectivity index (χ1n) is 5.52. The number of methoxy groups -OCH3 is 1. The molecule has 0 aliphatic rings. The zero-order valence-electron chi connectivity index (χ0n) is 10.9. The van der Waals surface area contributed by atoms with Gasteiger partial charge in [-0.3, -0.25) is 9.52 Å². The highest BCUT2D eigenvalue weighted by Crippen LogP contribution is 2.26. The van der Waals surface area contributed by atoms with Crippen molar-refractivity contribution in [2.45, 2.75) is 6.42 Å². The minimum absolute atomic E-state index is 0.00757. The van der Waals surface area contributed by atoms with Crippen molar-refractivity contribution in [2.24, 2.45) is 0 Å². The van der Waals surface area contributed by atoms with Crippen LogP contribution in [0.25, 0.3) is 0 Å². The minimum Gasteiger partial charge on any atom is -0.469 e. The molecule has 9 heteroatoms. The van der Waals surface area contributed by atoms with Gasteiger partial charge in [0.2, 0.25) is 0 Å². The van der Waals surface area contributed by atoms with Gasteiger partial charge in [0.25, 0.3) is 0 Å². The maximum Gasteiger partial charge on any atom is 0.306 e. The molecule has 0 bridgehead atoms. The molecule has 0 spiro atoms. The van der Waals surface area contributed by atoms with Crippen molar-refractivity contribution >= 4 is 49.4 Å². The number of anilines is 1. The third-order valence-electron chi connectivity index (χ3n) is 2.44. The Bertz CT molecular complexity index is 594. The van der Waals surface area contributed by atoms with Crippen molar-refractivity contribution in [3.05, 3.63) is 27.7 Å². The largest absolute Gasteiger partial charge is 0.469 e. The molecule has 0 radical (unpaired) electrons. The summed E-state index contributed by atoms with van der Waals surface area (Å²) in [4.78, 5) is 11.0. The Labute approximate surface area is 131 Å². The summed E-state index contributed by atoms with van der Waals surface area (Å²) < 4.78 is 32.6. The maximum absolute atomic E-state index is 12.1. The number of rotatable bonds is 6. The predicted octanol–water partition coefficient (Wildman–Crippen LogP) is 2.25.